The average molecular weight is 1500 g/mol. The highest BCUT2D eigenvalue weighted by Gasteiger charge is 2.32. The van der Waals surface area contributed by atoms with E-state index in [2.05, 4.69) is 111 Å². The molecule has 0 bridgehead atoms. The van der Waals surface area contributed by atoms with Crippen molar-refractivity contribution in [2.24, 2.45) is 38.2 Å². The van der Waals surface area contributed by atoms with Crippen LogP contribution in [-0.4, -0.2) is 182 Å². The predicted molar refractivity (Wildman–Crippen MR) is 416 cm³/mol. The van der Waals surface area contributed by atoms with Crippen molar-refractivity contribution in [3.63, 3.8) is 0 Å². The SMILES string of the molecule is Cn1cc(-c2cc3c(N4CCN(c5ncc([C@@](C)(N)c6ccc(F)cc6)cn5)CC4)ncnn3c2)cn1.[2H]C([2H])([2H])n1cc(-c2cc3c(N4CCN(c5ncc([C@@](C)(N)c6ccc(F)cc6)cn5)CC4)ncnn3c2)cn1.[2H]C([2H])([2H])n1cc(-c2cc3c(N4CCN(c5ncc([C@@](C)(N)c6ccc(F)cc6)cn5)CC4)ncnn3c2)cn1. The van der Waals surface area contributed by atoms with Gasteiger partial charge in [-0.3, -0.25) is 14.0 Å². The lowest BCUT2D eigenvalue weighted by Gasteiger charge is -2.35. The number of rotatable bonds is 15. The molecule has 0 aliphatic carbocycles. The summed E-state index contributed by atoms with van der Waals surface area (Å²) < 4.78 is 94.4. The zero-order chi connectivity index (χ0) is 81.7. The maximum atomic E-state index is 13.4. The van der Waals surface area contributed by atoms with Crippen LogP contribution < -0.4 is 46.6 Å². The third kappa shape index (κ3) is 14.9. The number of anilines is 6. The highest BCUT2D eigenvalue weighted by Crippen LogP contribution is 2.35. The molecule has 6 N–H and O–H groups in total. The third-order valence-corrected chi connectivity index (χ3v) is 20.7. The minimum atomic E-state index is -2.33. The van der Waals surface area contributed by atoms with E-state index in [4.69, 9.17) is 25.4 Å². The fourth-order valence-electron chi connectivity index (χ4n) is 14.0. The molecule has 0 saturated carbocycles. The molecule has 3 fully saturated rings. The zero-order valence-corrected chi connectivity index (χ0v) is 61.0. The first-order valence-electron chi connectivity index (χ1n) is 38.8. The van der Waals surface area contributed by atoms with Crippen LogP contribution in [0.15, 0.2) is 203 Å². The number of nitrogens with zero attached hydrogens (tertiary/aromatic N) is 27. The van der Waals surface area contributed by atoms with Crippen LogP contribution in [0.5, 0.6) is 0 Å². The molecule has 0 spiro atoms. The molecular formula is C78H81F3N30. The lowest BCUT2D eigenvalue weighted by molar-refractivity contribution is 0.585. The Morgan fingerprint density at radius 1 is 0.306 bits per heavy atom. The molecule has 3 aliphatic rings. The van der Waals surface area contributed by atoms with Gasteiger partial charge in [0.1, 0.15) is 53.0 Å². The van der Waals surface area contributed by atoms with Crippen molar-refractivity contribution in [1.29, 1.82) is 0 Å². The Morgan fingerprint density at radius 2 is 0.559 bits per heavy atom. The monoisotopic (exact) mass is 1500 g/mol. The van der Waals surface area contributed by atoms with E-state index in [1.807, 2.05) is 75.5 Å². The van der Waals surface area contributed by atoms with Gasteiger partial charge in [-0.2, -0.15) is 30.6 Å². The second-order valence-corrected chi connectivity index (χ2v) is 28.0. The predicted octanol–water partition coefficient (Wildman–Crippen LogP) is 7.82. The smallest absolute Gasteiger partial charge is 0.225 e. The van der Waals surface area contributed by atoms with Crippen molar-refractivity contribution in [2.75, 3.05) is 108 Å². The molecule has 3 atom stereocenters. The van der Waals surface area contributed by atoms with Crippen molar-refractivity contribution in [3.05, 3.63) is 254 Å². The number of aromatic nitrogens is 21. The summed E-state index contributed by atoms with van der Waals surface area (Å²) in [4.78, 5) is 54.2. The van der Waals surface area contributed by atoms with Gasteiger partial charge in [-0.05, 0) is 92.1 Å². The average Bonchev–Trinajstić information content (AvgIpc) is 1.51. The Kier molecular flexibility index (Phi) is 17.4. The fourth-order valence-corrected chi connectivity index (χ4v) is 14.0. The molecule has 3 aromatic carbocycles. The molecular weight excluding hydrogens is 1410 g/mol. The third-order valence-electron chi connectivity index (χ3n) is 20.7. The van der Waals surface area contributed by atoms with Gasteiger partial charge in [-0.1, -0.05) is 36.4 Å². The molecule has 15 heterocycles. The second kappa shape index (κ2) is 29.8. The Bertz CT molecular complexity index is 5720. The minimum absolute atomic E-state index is 0.293. The normalized spacial score (nSPS) is 16.8. The summed E-state index contributed by atoms with van der Waals surface area (Å²) >= 11 is 0. The summed E-state index contributed by atoms with van der Waals surface area (Å²) in [5, 5.41) is 25.3. The maximum absolute atomic E-state index is 13.4. The van der Waals surface area contributed by atoms with E-state index in [9.17, 15) is 13.2 Å². The summed E-state index contributed by atoms with van der Waals surface area (Å²) in [6.07, 6.45) is 30.6. The van der Waals surface area contributed by atoms with Gasteiger partial charge < -0.3 is 46.6 Å². The topological polar surface area (TPSA) is 319 Å². The number of hydrogen-bond donors (Lipinski definition) is 3. The van der Waals surface area contributed by atoms with Gasteiger partial charge in [0.25, 0.3) is 0 Å². The van der Waals surface area contributed by atoms with Gasteiger partial charge in [0, 0.05) is 232 Å². The number of piperazine rings is 3. The Labute approximate surface area is 644 Å². The van der Waals surface area contributed by atoms with Crippen molar-refractivity contribution >= 4 is 51.8 Å². The molecule has 3 aliphatic heterocycles. The van der Waals surface area contributed by atoms with Crippen molar-refractivity contribution in [1.82, 2.24) is 103 Å². The standard InChI is InChI=1S/3C26H27FN10/c3*1-26(28,20-3-5-22(27)6-4-20)21-13-29-25(30-14-21)36-9-7-35(8-10-36)24-23-11-18(16-37(23)33-17-31-24)19-12-32-34(2)15-19/h3*3-6,11-17H,7-10,28H2,1-2H3/t3*26-/m000/s1/i2*2D3;. The maximum Gasteiger partial charge on any atom is 0.225 e. The number of benzene rings is 3. The number of fused-ring (bicyclic) bond motifs is 3. The van der Waals surface area contributed by atoms with Crippen LogP contribution in [0.1, 0.15) is 62.4 Å². The Balaban J connectivity index is 0.000000132. The van der Waals surface area contributed by atoms with E-state index < -0.39 is 30.6 Å². The molecule has 33 heteroatoms. The number of hydrogen-bond acceptors (Lipinski definition) is 24. The molecule has 15 aromatic rings. The second-order valence-electron chi connectivity index (χ2n) is 28.0. The molecule has 564 valence electrons. The molecule has 111 heavy (non-hydrogen) atoms. The Hall–Kier alpha value is -13.1. The van der Waals surface area contributed by atoms with Crippen LogP contribution in [0.4, 0.5) is 48.5 Å². The molecule has 12 aromatic heterocycles. The lowest BCUT2D eigenvalue weighted by atomic mass is 9.87. The van der Waals surface area contributed by atoms with Gasteiger partial charge in [0.15, 0.2) is 17.5 Å². The van der Waals surface area contributed by atoms with Gasteiger partial charge in [-0.25, -0.2) is 71.6 Å². The van der Waals surface area contributed by atoms with Gasteiger partial charge in [0.05, 0.1) is 35.2 Å². The quantitative estimate of drug-likeness (QED) is 0.0880. The highest BCUT2D eigenvalue weighted by atomic mass is 19.1. The summed E-state index contributed by atoms with van der Waals surface area (Å²) in [5.74, 6) is 3.45. The van der Waals surface area contributed by atoms with E-state index in [1.54, 1.807) is 93.6 Å². The van der Waals surface area contributed by atoms with Crippen LogP contribution >= 0.6 is 0 Å². The first-order chi connectivity index (χ1) is 56.1. The number of aryl methyl sites for hydroxylation is 3. The van der Waals surface area contributed by atoms with E-state index in [0.717, 1.165) is 125 Å². The molecule has 0 unspecified atom stereocenters. The first-order valence-corrected chi connectivity index (χ1v) is 35.8. The van der Waals surface area contributed by atoms with Crippen LogP contribution in [-0.2, 0) is 37.6 Å². The Morgan fingerprint density at radius 3 is 0.811 bits per heavy atom. The summed E-state index contributed by atoms with van der Waals surface area (Å²) in [5.41, 5.74) is 29.4. The van der Waals surface area contributed by atoms with E-state index >= 15 is 0 Å². The van der Waals surface area contributed by atoms with Crippen LogP contribution in [0, 0.1) is 17.5 Å². The molecule has 3 saturated heterocycles. The van der Waals surface area contributed by atoms with E-state index in [1.165, 1.54) is 73.8 Å². The highest BCUT2D eigenvalue weighted by molar-refractivity contribution is 5.80. The van der Waals surface area contributed by atoms with Crippen molar-refractivity contribution < 1.29 is 21.4 Å². The van der Waals surface area contributed by atoms with Crippen LogP contribution in [0.2, 0.25) is 0 Å². The first kappa shape index (κ1) is 65.0. The minimum Gasteiger partial charge on any atom is -0.351 e. The summed E-state index contributed by atoms with van der Waals surface area (Å²) in [6.45, 7) is 9.49. The van der Waals surface area contributed by atoms with Crippen LogP contribution in [0.25, 0.3) is 49.9 Å². The molecule has 0 amide bonds. The van der Waals surface area contributed by atoms with Crippen LogP contribution in [0.3, 0.4) is 0 Å². The molecule has 0 radical (unpaired) electrons. The van der Waals surface area contributed by atoms with Gasteiger partial charge >= 0.3 is 0 Å². The molecule has 18 rings (SSSR count). The van der Waals surface area contributed by atoms with Gasteiger partial charge in [0.2, 0.25) is 17.8 Å². The largest absolute Gasteiger partial charge is 0.351 e. The number of nitrogens with two attached hydrogens (primary N) is 3. The zero-order valence-electron chi connectivity index (χ0n) is 67.0. The summed E-state index contributed by atoms with van der Waals surface area (Å²) in [7, 11) is 1.90. The lowest BCUT2D eigenvalue weighted by Crippen LogP contribution is -2.47. The van der Waals surface area contributed by atoms with E-state index in [0.29, 0.717) is 81.3 Å². The van der Waals surface area contributed by atoms with E-state index in [-0.39, 0.29) is 17.5 Å². The molecule has 30 nitrogen and oxygen atoms in total. The fraction of sp³-hybridized carbons (Fsp3) is 0.269. The summed E-state index contributed by atoms with van der Waals surface area (Å²) in [6, 6.07) is 24.4. The van der Waals surface area contributed by atoms with Gasteiger partial charge in [-0.15, -0.1) is 0 Å². The number of halogens is 3. The van der Waals surface area contributed by atoms with Crippen molar-refractivity contribution in [3.8, 4) is 33.4 Å². The van der Waals surface area contributed by atoms with Crippen molar-refractivity contribution in [2.45, 2.75) is 37.4 Å².